The first-order valence-corrected chi connectivity index (χ1v) is 8.07. The average Bonchev–Trinajstić information content (AvgIpc) is 2.54. The number of phenolic OH excluding ortho intramolecular Hbond substituents is 1. The SMILES string of the molecule is CN1CCCC(N2C=CC=C(c3ccc(C(F)(F)F)cc3O)C2)C1. The van der Waals surface area contributed by atoms with Crippen LogP contribution in [0.2, 0.25) is 0 Å². The summed E-state index contributed by atoms with van der Waals surface area (Å²) in [6.45, 7) is 2.65. The molecule has 3 nitrogen and oxygen atoms in total. The molecule has 1 unspecified atom stereocenters. The van der Waals surface area contributed by atoms with Crippen molar-refractivity contribution in [2.45, 2.75) is 25.1 Å². The van der Waals surface area contributed by atoms with Crippen LogP contribution in [0.4, 0.5) is 13.2 Å². The van der Waals surface area contributed by atoms with Gasteiger partial charge in [-0.1, -0.05) is 12.1 Å². The summed E-state index contributed by atoms with van der Waals surface area (Å²) in [5.74, 6) is -0.327. The number of halogens is 3. The van der Waals surface area contributed by atoms with Crippen LogP contribution in [0.3, 0.4) is 0 Å². The predicted molar refractivity (Wildman–Crippen MR) is 87.5 cm³/mol. The second-order valence-electron chi connectivity index (χ2n) is 6.49. The first kappa shape index (κ1) is 16.9. The van der Waals surface area contributed by atoms with E-state index >= 15 is 0 Å². The fourth-order valence-electron chi connectivity index (χ4n) is 3.39. The van der Waals surface area contributed by atoms with Gasteiger partial charge in [0.25, 0.3) is 0 Å². The number of nitrogens with zero attached hydrogens (tertiary/aromatic N) is 2. The number of benzene rings is 1. The molecule has 1 N–H and O–H groups in total. The highest BCUT2D eigenvalue weighted by atomic mass is 19.4. The maximum Gasteiger partial charge on any atom is 0.416 e. The molecule has 24 heavy (non-hydrogen) atoms. The molecule has 1 aromatic carbocycles. The number of hydrogen-bond donors (Lipinski definition) is 1. The Balaban J connectivity index is 1.78. The summed E-state index contributed by atoms with van der Waals surface area (Å²) in [7, 11) is 2.10. The van der Waals surface area contributed by atoms with Gasteiger partial charge in [-0.25, -0.2) is 0 Å². The van der Waals surface area contributed by atoms with Gasteiger partial charge in [-0.3, -0.25) is 0 Å². The smallest absolute Gasteiger partial charge is 0.416 e. The zero-order valence-electron chi connectivity index (χ0n) is 13.6. The molecule has 130 valence electrons. The Morgan fingerprint density at radius 2 is 2.04 bits per heavy atom. The number of allylic oxidation sites excluding steroid dienone is 2. The maximum atomic E-state index is 12.7. The van der Waals surface area contributed by atoms with Gasteiger partial charge in [-0.05, 0) is 56.4 Å². The minimum Gasteiger partial charge on any atom is -0.507 e. The van der Waals surface area contributed by atoms with Crippen molar-refractivity contribution in [2.75, 3.05) is 26.7 Å². The summed E-state index contributed by atoms with van der Waals surface area (Å²) >= 11 is 0. The van der Waals surface area contributed by atoms with Crippen molar-refractivity contribution >= 4 is 5.57 Å². The van der Waals surface area contributed by atoms with Crippen LogP contribution in [-0.4, -0.2) is 47.6 Å². The van der Waals surface area contributed by atoms with Crippen molar-refractivity contribution in [2.24, 2.45) is 0 Å². The Morgan fingerprint density at radius 1 is 1.25 bits per heavy atom. The Labute approximate surface area is 139 Å². The number of likely N-dealkylation sites (tertiary alicyclic amines) is 1. The molecule has 0 saturated carbocycles. The van der Waals surface area contributed by atoms with Crippen molar-refractivity contribution < 1.29 is 18.3 Å². The highest BCUT2D eigenvalue weighted by Gasteiger charge is 2.31. The van der Waals surface area contributed by atoms with Crippen LogP contribution in [0.25, 0.3) is 5.57 Å². The Bertz CT molecular complexity index is 667. The minimum atomic E-state index is -4.45. The molecule has 6 heteroatoms. The van der Waals surface area contributed by atoms with Crippen molar-refractivity contribution in [1.29, 1.82) is 0 Å². The van der Waals surface area contributed by atoms with Gasteiger partial charge < -0.3 is 14.9 Å². The van der Waals surface area contributed by atoms with Crippen LogP contribution < -0.4 is 0 Å². The lowest BCUT2D eigenvalue weighted by atomic mass is 9.97. The molecule has 0 aliphatic carbocycles. The molecule has 1 saturated heterocycles. The van der Waals surface area contributed by atoms with Crippen molar-refractivity contribution in [3.05, 3.63) is 47.7 Å². The second-order valence-corrected chi connectivity index (χ2v) is 6.49. The van der Waals surface area contributed by atoms with E-state index in [4.69, 9.17) is 0 Å². The molecule has 0 radical (unpaired) electrons. The van der Waals surface area contributed by atoms with Gasteiger partial charge in [-0.15, -0.1) is 0 Å². The van der Waals surface area contributed by atoms with Gasteiger partial charge in [0.2, 0.25) is 0 Å². The summed E-state index contributed by atoms with van der Waals surface area (Å²) in [6, 6.07) is 3.56. The minimum absolute atomic E-state index is 0.327. The fourth-order valence-corrected chi connectivity index (χ4v) is 3.39. The zero-order valence-corrected chi connectivity index (χ0v) is 13.6. The lowest BCUT2D eigenvalue weighted by Gasteiger charge is -2.39. The van der Waals surface area contributed by atoms with Crippen LogP contribution in [-0.2, 0) is 6.18 Å². The molecular formula is C18H21F3N2O. The summed E-state index contributed by atoms with van der Waals surface area (Å²) in [5, 5.41) is 10.1. The van der Waals surface area contributed by atoms with Gasteiger partial charge in [0, 0.05) is 24.7 Å². The van der Waals surface area contributed by atoms with E-state index in [-0.39, 0.29) is 5.75 Å². The van der Waals surface area contributed by atoms with Gasteiger partial charge in [0.15, 0.2) is 0 Å². The third-order valence-corrected chi connectivity index (χ3v) is 4.67. The molecule has 2 aliphatic rings. The molecule has 3 rings (SSSR count). The van der Waals surface area contributed by atoms with E-state index in [1.54, 1.807) is 0 Å². The molecule has 2 aliphatic heterocycles. The van der Waals surface area contributed by atoms with Crippen molar-refractivity contribution in [3.8, 4) is 5.75 Å². The molecule has 1 aromatic rings. The molecule has 0 amide bonds. The zero-order chi connectivity index (χ0) is 17.3. The number of likely N-dealkylation sites (N-methyl/N-ethyl adjacent to an activating group) is 1. The van der Waals surface area contributed by atoms with E-state index in [2.05, 4.69) is 16.8 Å². The summed E-state index contributed by atoms with van der Waals surface area (Å²) in [6.07, 6.45) is 3.55. The lowest BCUT2D eigenvalue weighted by Crippen LogP contribution is -2.45. The van der Waals surface area contributed by atoms with Crippen molar-refractivity contribution in [1.82, 2.24) is 9.80 Å². The standard InChI is InChI=1S/C18H21F3N2O/c1-22-8-3-5-15(12-22)23-9-2-4-13(11-23)16-7-6-14(10-17(16)24)18(19,20)21/h2,4,6-7,9-10,15,24H,3,5,8,11-12H2,1H3. The second kappa shape index (κ2) is 6.51. The van der Waals surface area contributed by atoms with E-state index in [0.717, 1.165) is 43.6 Å². The number of rotatable bonds is 2. The largest absolute Gasteiger partial charge is 0.507 e. The Morgan fingerprint density at radius 3 is 2.71 bits per heavy atom. The number of hydrogen-bond acceptors (Lipinski definition) is 3. The normalized spacial score (nSPS) is 22.6. The highest BCUT2D eigenvalue weighted by molar-refractivity contribution is 5.74. The third-order valence-electron chi connectivity index (χ3n) is 4.67. The van der Waals surface area contributed by atoms with Crippen LogP contribution in [0.15, 0.2) is 36.6 Å². The Hall–Kier alpha value is -1.95. The van der Waals surface area contributed by atoms with Gasteiger partial charge >= 0.3 is 6.18 Å². The van der Waals surface area contributed by atoms with E-state index in [0.29, 0.717) is 18.2 Å². The predicted octanol–water partition coefficient (Wildman–Crippen LogP) is 3.72. The van der Waals surface area contributed by atoms with E-state index in [9.17, 15) is 18.3 Å². The highest BCUT2D eigenvalue weighted by Crippen LogP contribution is 2.36. The monoisotopic (exact) mass is 338 g/mol. The first-order chi connectivity index (χ1) is 11.3. The summed E-state index contributed by atoms with van der Waals surface area (Å²) < 4.78 is 38.2. The Kier molecular flexibility index (Phi) is 4.58. The van der Waals surface area contributed by atoms with Gasteiger partial charge in [0.1, 0.15) is 5.75 Å². The molecular weight excluding hydrogens is 317 g/mol. The molecule has 0 spiro atoms. The number of phenols is 1. The summed E-state index contributed by atoms with van der Waals surface area (Å²) in [5.41, 5.74) is 0.458. The van der Waals surface area contributed by atoms with Gasteiger partial charge in [0.05, 0.1) is 5.56 Å². The first-order valence-electron chi connectivity index (χ1n) is 8.07. The quantitative estimate of drug-likeness (QED) is 0.890. The lowest BCUT2D eigenvalue weighted by molar-refractivity contribution is -0.137. The van der Waals surface area contributed by atoms with E-state index in [1.807, 2.05) is 18.4 Å². The molecule has 1 atom stereocenters. The summed E-state index contributed by atoms with van der Waals surface area (Å²) in [4.78, 5) is 4.50. The number of piperidine rings is 1. The molecule has 2 heterocycles. The number of aromatic hydroxyl groups is 1. The molecule has 1 fully saturated rings. The van der Waals surface area contributed by atoms with E-state index < -0.39 is 11.7 Å². The maximum absolute atomic E-state index is 12.7. The topological polar surface area (TPSA) is 26.7 Å². The average molecular weight is 338 g/mol. The van der Waals surface area contributed by atoms with Crippen LogP contribution >= 0.6 is 0 Å². The third kappa shape index (κ3) is 3.59. The molecule has 0 aromatic heterocycles. The van der Waals surface area contributed by atoms with Crippen LogP contribution in [0, 0.1) is 0 Å². The molecule has 0 bridgehead atoms. The fraction of sp³-hybridized carbons (Fsp3) is 0.444. The van der Waals surface area contributed by atoms with Crippen LogP contribution in [0.5, 0.6) is 5.75 Å². The number of alkyl halides is 3. The van der Waals surface area contributed by atoms with Crippen LogP contribution in [0.1, 0.15) is 24.0 Å². The van der Waals surface area contributed by atoms with Crippen molar-refractivity contribution in [3.63, 3.8) is 0 Å². The van der Waals surface area contributed by atoms with E-state index in [1.165, 1.54) is 6.07 Å². The van der Waals surface area contributed by atoms with Gasteiger partial charge in [-0.2, -0.15) is 13.2 Å².